The van der Waals surface area contributed by atoms with Gasteiger partial charge in [0.25, 0.3) is 0 Å². The van der Waals surface area contributed by atoms with E-state index < -0.39 is 0 Å². The van der Waals surface area contributed by atoms with Crippen molar-refractivity contribution in [1.82, 2.24) is 0 Å². The predicted octanol–water partition coefficient (Wildman–Crippen LogP) is 4.25. The lowest BCUT2D eigenvalue weighted by Crippen LogP contribution is -2.22. The van der Waals surface area contributed by atoms with Crippen LogP contribution in [0.4, 0.5) is 11.4 Å². The van der Waals surface area contributed by atoms with E-state index in [9.17, 15) is 4.79 Å². The number of aryl methyl sites for hydroxylation is 2. The van der Waals surface area contributed by atoms with Crippen LogP contribution in [0.2, 0.25) is 0 Å². The number of carbonyl (C=O) groups excluding carboxylic acids is 1. The van der Waals surface area contributed by atoms with Gasteiger partial charge in [0, 0.05) is 11.4 Å². The maximum atomic E-state index is 12.0. The normalized spacial score (nSPS) is 10.3. The second-order valence-corrected chi connectivity index (χ2v) is 5.36. The first-order chi connectivity index (χ1) is 10.7. The van der Waals surface area contributed by atoms with Gasteiger partial charge < -0.3 is 10.6 Å². The fourth-order valence-electron chi connectivity index (χ4n) is 2.41. The molecule has 0 aromatic heterocycles. The Bertz CT molecular complexity index is 605. The highest BCUT2D eigenvalue weighted by Crippen LogP contribution is 2.15. The molecule has 0 bridgehead atoms. The molecule has 0 atom stereocenters. The van der Waals surface area contributed by atoms with Gasteiger partial charge in [-0.15, -0.1) is 0 Å². The number of hydrogen-bond acceptors (Lipinski definition) is 2. The lowest BCUT2D eigenvalue weighted by Gasteiger charge is -2.11. The molecule has 0 saturated carbocycles. The number of benzene rings is 2. The molecule has 3 nitrogen and oxygen atoms in total. The van der Waals surface area contributed by atoms with Gasteiger partial charge in [-0.25, -0.2) is 0 Å². The van der Waals surface area contributed by atoms with Crippen LogP contribution in [0.3, 0.4) is 0 Å². The molecule has 2 aromatic carbocycles. The standard InChI is InChI=1S/C19H24N2O/c1-3-7-15-10-12-17(13-11-15)20-14-19(22)21-18-9-6-5-8-16(18)4-2/h5-6,8-13,20H,3-4,7,14H2,1-2H3,(H,21,22). The topological polar surface area (TPSA) is 41.1 Å². The molecule has 22 heavy (non-hydrogen) atoms. The lowest BCUT2D eigenvalue weighted by atomic mass is 10.1. The van der Waals surface area contributed by atoms with Crippen LogP contribution in [0.5, 0.6) is 0 Å². The zero-order valence-corrected chi connectivity index (χ0v) is 13.4. The maximum absolute atomic E-state index is 12.0. The fourth-order valence-corrected chi connectivity index (χ4v) is 2.41. The first-order valence-corrected chi connectivity index (χ1v) is 7.93. The molecule has 0 unspecified atom stereocenters. The summed E-state index contributed by atoms with van der Waals surface area (Å²) in [6.07, 6.45) is 3.14. The molecule has 2 N–H and O–H groups in total. The molecule has 116 valence electrons. The zero-order valence-electron chi connectivity index (χ0n) is 13.4. The number of anilines is 2. The number of nitrogens with one attached hydrogen (secondary N) is 2. The van der Waals surface area contributed by atoms with Crippen molar-refractivity contribution >= 4 is 17.3 Å². The average Bonchev–Trinajstić information content (AvgIpc) is 2.55. The zero-order chi connectivity index (χ0) is 15.8. The molecule has 3 heteroatoms. The fraction of sp³-hybridized carbons (Fsp3) is 0.316. The Kier molecular flexibility index (Phi) is 6.01. The van der Waals surface area contributed by atoms with E-state index in [1.54, 1.807) is 0 Å². The molecule has 0 heterocycles. The highest BCUT2D eigenvalue weighted by atomic mass is 16.1. The van der Waals surface area contributed by atoms with Crippen LogP contribution in [-0.2, 0) is 17.6 Å². The van der Waals surface area contributed by atoms with E-state index >= 15 is 0 Å². The van der Waals surface area contributed by atoms with Gasteiger partial charge in [0.15, 0.2) is 0 Å². The van der Waals surface area contributed by atoms with E-state index in [0.717, 1.165) is 36.2 Å². The van der Waals surface area contributed by atoms with E-state index in [1.807, 2.05) is 36.4 Å². The Balaban J connectivity index is 1.87. The molecule has 0 aliphatic rings. The molecule has 0 aliphatic heterocycles. The number of hydrogen-bond donors (Lipinski definition) is 2. The third-order valence-electron chi connectivity index (χ3n) is 3.62. The molecule has 0 radical (unpaired) electrons. The Morgan fingerprint density at radius 2 is 1.73 bits per heavy atom. The summed E-state index contributed by atoms with van der Waals surface area (Å²) in [5.74, 6) is -0.0291. The summed E-state index contributed by atoms with van der Waals surface area (Å²) in [5.41, 5.74) is 4.35. The van der Waals surface area contributed by atoms with Crippen LogP contribution in [0.1, 0.15) is 31.4 Å². The van der Waals surface area contributed by atoms with Gasteiger partial charge in [-0.3, -0.25) is 4.79 Å². The van der Waals surface area contributed by atoms with E-state index in [1.165, 1.54) is 5.56 Å². The minimum absolute atomic E-state index is 0.0291. The lowest BCUT2D eigenvalue weighted by molar-refractivity contribution is -0.114. The van der Waals surface area contributed by atoms with Crippen LogP contribution in [0, 0.1) is 0 Å². The van der Waals surface area contributed by atoms with Crippen molar-refractivity contribution in [3.05, 3.63) is 59.7 Å². The van der Waals surface area contributed by atoms with Crippen LogP contribution in [0.25, 0.3) is 0 Å². The molecule has 2 aromatic rings. The minimum Gasteiger partial charge on any atom is -0.376 e. The van der Waals surface area contributed by atoms with E-state index in [0.29, 0.717) is 0 Å². The maximum Gasteiger partial charge on any atom is 0.243 e. The van der Waals surface area contributed by atoms with E-state index in [-0.39, 0.29) is 12.5 Å². The predicted molar refractivity (Wildman–Crippen MR) is 93.4 cm³/mol. The summed E-state index contributed by atoms with van der Waals surface area (Å²) in [4.78, 5) is 12.0. The average molecular weight is 296 g/mol. The van der Waals surface area contributed by atoms with E-state index in [2.05, 4.69) is 36.6 Å². The molecule has 0 spiro atoms. The molecule has 0 saturated heterocycles. The van der Waals surface area contributed by atoms with Crippen molar-refractivity contribution in [2.45, 2.75) is 33.1 Å². The van der Waals surface area contributed by atoms with Crippen molar-refractivity contribution in [1.29, 1.82) is 0 Å². The number of carbonyl (C=O) groups is 1. The van der Waals surface area contributed by atoms with Gasteiger partial charge in [0.2, 0.25) is 5.91 Å². The second kappa shape index (κ2) is 8.23. The summed E-state index contributed by atoms with van der Waals surface area (Å²) >= 11 is 0. The molecule has 0 fully saturated rings. The molecule has 1 amide bonds. The third-order valence-corrected chi connectivity index (χ3v) is 3.62. The first kappa shape index (κ1) is 16.1. The van der Waals surface area contributed by atoms with Crippen molar-refractivity contribution in [2.24, 2.45) is 0 Å². The Morgan fingerprint density at radius 1 is 1.00 bits per heavy atom. The molecular formula is C19H24N2O. The summed E-state index contributed by atoms with van der Waals surface area (Å²) in [6.45, 7) is 4.52. The van der Waals surface area contributed by atoms with Crippen molar-refractivity contribution < 1.29 is 4.79 Å². The first-order valence-electron chi connectivity index (χ1n) is 7.93. The Labute approximate surface area is 132 Å². The largest absolute Gasteiger partial charge is 0.376 e. The highest BCUT2D eigenvalue weighted by Gasteiger charge is 2.05. The van der Waals surface area contributed by atoms with Gasteiger partial charge >= 0.3 is 0 Å². The summed E-state index contributed by atoms with van der Waals surface area (Å²) < 4.78 is 0. The Morgan fingerprint density at radius 3 is 2.41 bits per heavy atom. The van der Waals surface area contributed by atoms with Crippen LogP contribution >= 0.6 is 0 Å². The van der Waals surface area contributed by atoms with Gasteiger partial charge in [0.1, 0.15) is 0 Å². The quantitative estimate of drug-likeness (QED) is 0.802. The summed E-state index contributed by atoms with van der Waals surface area (Å²) in [6, 6.07) is 16.2. The van der Waals surface area contributed by atoms with Gasteiger partial charge in [-0.2, -0.15) is 0 Å². The molecule has 2 rings (SSSR count). The highest BCUT2D eigenvalue weighted by molar-refractivity contribution is 5.94. The van der Waals surface area contributed by atoms with Gasteiger partial charge in [0.05, 0.1) is 6.54 Å². The van der Waals surface area contributed by atoms with Gasteiger partial charge in [-0.1, -0.05) is 50.6 Å². The Hall–Kier alpha value is -2.29. The SMILES string of the molecule is CCCc1ccc(NCC(=O)Nc2ccccc2CC)cc1. The number of para-hydroxylation sites is 1. The van der Waals surface area contributed by atoms with Crippen LogP contribution in [0.15, 0.2) is 48.5 Å². The van der Waals surface area contributed by atoms with Crippen LogP contribution < -0.4 is 10.6 Å². The molecule has 0 aliphatic carbocycles. The monoisotopic (exact) mass is 296 g/mol. The number of amides is 1. The van der Waals surface area contributed by atoms with E-state index in [4.69, 9.17) is 0 Å². The second-order valence-electron chi connectivity index (χ2n) is 5.36. The minimum atomic E-state index is -0.0291. The van der Waals surface area contributed by atoms with Crippen molar-refractivity contribution in [3.8, 4) is 0 Å². The van der Waals surface area contributed by atoms with Gasteiger partial charge in [-0.05, 0) is 42.2 Å². The van der Waals surface area contributed by atoms with Crippen LogP contribution in [-0.4, -0.2) is 12.5 Å². The third kappa shape index (κ3) is 4.62. The smallest absolute Gasteiger partial charge is 0.243 e. The summed E-state index contributed by atoms with van der Waals surface area (Å²) in [5, 5.41) is 6.12. The van der Waals surface area contributed by atoms with Crippen molar-refractivity contribution in [2.75, 3.05) is 17.2 Å². The number of rotatable bonds is 7. The summed E-state index contributed by atoms with van der Waals surface area (Å²) in [7, 11) is 0. The van der Waals surface area contributed by atoms with Crippen molar-refractivity contribution in [3.63, 3.8) is 0 Å². The molecular weight excluding hydrogens is 272 g/mol.